The Morgan fingerprint density at radius 2 is 1.62 bits per heavy atom. The smallest absolute Gasteiger partial charge is 0.287 e. The SMILES string of the molecule is Cc1ncc(Cl)cc1C(=O)c1ncc(Cl)cc1NS(=O)(=O)c1ccc(Cl)c(C(F)(F)F)c1. The van der Waals surface area contributed by atoms with Crippen LogP contribution in [0.4, 0.5) is 18.9 Å². The first-order valence-corrected chi connectivity index (χ1v) is 11.1. The zero-order valence-electron chi connectivity index (χ0n) is 15.8. The van der Waals surface area contributed by atoms with Crippen LogP contribution in [0.1, 0.15) is 27.3 Å². The van der Waals surface area contributed by atoms with E-state index in [4.69, 9.17) is 34.8 Å². The number of nitrogens with one attached hydrogen (secondary N) is 1. The lowest BCUT2D eigenvalue weighted by atomic mass is 10.1. The van der Waals surface area contributed by atoms with Crippen molar-refractivity contribution >= 4 is 56.3 Å². The van der Waals surface area contributed by atoms with E-state index in [1.54, 1.807) is 0 Å². The average molecular weight is 525 g/mol. The van der Waals surface area contributed by atoms with Crippen molar-refractivity contribution in [1.82, 2.24) is 9.97 Å². The molecule has 1 aromatic carbocycles. The number of benzene rings is 1. The fraction of sp³-hybridized carbons (Fsp3) is 0.105. The van der Waals surface area contributed by atoms with Crippen LogP contribution in [0.5, 0.6) is 0 Å². The first-order chi connectivity index (χ1) is 14.8. The highest BCUT2D eigenvalue weighted by molar-refractivity contribution is 7.92. The van der Waals surface area contributed by atoms with Crippen LogP contribution >= 0.6 is 34.8 Å². The average Bonchev–Trinajstić information content (AvgIpc) is 2.68. The van der Waals surface area contributed by atoms with Crippen molar-refractivity contribution in [2.45, 2.75) is 18.0 Å². The number of anilines is 1. The summed E-state index contributed by atoms with van der Waals surface area (Å²) in [4.78, 5) is 20.1. The Hall–Kier alpha value is -2.40. The van der Waals surface area contributed by atoms with Gasteiger partial charge in [-0.3, -0.25) is 14.5 Å². The third-order valence-corrected chi connectivity index (χ3v) is 6.27. The predicted molar refractivity (Wildman–Crippen MR) is 114 cm³/mol. The highest BCUT2D eigenvalue weighted by Gasteiger charge is 2.35. The van der Waals surface area contributed by atoms with Crippen LogP contribution in [-0.2, 0) is 16.2 Å². The maximum Gasteiger partial charge on any atom is 0.417 e. The molecule has 0 amide bonds. The number of nitrogens with zero attached hydrogens (tertiary/aromatic N) is 2. The minimum atomic E-state index is -4.88. The number of carbonyl (C=O) groups is 1. The summed E-state index contributed by atoms with van der Waals surface area (Å²) in [7, 11) is -4.59. The number of sulfonamides is 1. The lowest BCUT2D eigenvalue weighted by molar-refractivity contribution is -0.137. The van der Waals surface area contributed by atoms with Crippen molar-refractivity contribution in [1.29, 1.82) is 0 Å². The van der Waals surface area contributed by atoms with Crippen LogP contribution in [0.15, 0.2) is 47.6 Å². The number of pyridine rings is 2. The molecule has 6 nitrogen and oxygen atoms in total. The van der Waals surface area contributed by atoms with Gasteiger partial charge in [-0.15, -0.1) is 0 Å². The highest BCUT2D eigenvalue weighted by atomic mass is 35.5. The summed E-state index contributed by atoms with van der Waals surface area (Å²) >= 11 is 17.3. The lowest BCUT2D eigenvalue weighted by Crippen LogP contribution is -2.18. The molecule has 2 aromatic heterocycles. The minimum absolute atomic E-state index is 0.0210. The molecule has 32 heavy (non-hydrogen) atoms. The van der Waals surface area contributed by atoms with Gasteiger partial charge in [-0.1, -0.05) is 34.8 Å². The van der Waals surface area contributed by atoms with E-state index in [0.29, 0.717) is 11.8 Å². The lowest BCUT2D eigenvalue weighted by Gasteiger charge is -2.14. The molecule has 0 spiro atoms. The minimum Gasteiger partial charge on any atom is -0.287 e. The molecular weight excluding hydrogens is 514 g/mol. The summed E-state index contributed by atoms with van der Waals surface area (Å²) in [6.45, 7) is 1.54. The van der Waals surface area contributed by atoms with Gasteiger partial charge >= 0.3 is 6.18 Å². The Kier molecular flexibility index (Phi) is 6.71. The first-order valence-electron chi connectivity index (χ1n) is 8.51. The molecule has 1 N–H and O–H groups in total. The molecule has 0 aliphatic carbocycles. The Labute approximate surface area is 195 Å². The quantitative estimate of drug-likeness (QED) is 0.426. The molecule has 0 fully saturated rings. The van der Waals surface area contributed by atoms with Gasteiger partial charge in [0.1, 0.15) is 5.69 Å². The molecule has 2 heterocycles. The van der Waals surface area contributed by atoms with Gasteiger partial charge in [-0.25, -0.2) is 13.4 Å². The van der Waals surface area contributed by atoms with Gasteiger partial charge in [0, 0.05) is 23.7 Å². The Morgan fingerprint density at radius 3 is 2.28 bits per heavy atom. The molecule has 3 rings (SSSR count). The number of hydrogen-bond donors (Lipinski definition) is 1. The van der Waals surface area contributed by atoms with Crippen molar-refractivity contribution in [2.75, 3.05) is 4.72 Å². The van der Waals surface area contributed by atoms with E-state index in [1.807, 2.05) is 0 Å². The maximum absolute atomic E-state index is 13.1. The molecule has 0 bridgehead atoms. The molecule has 168 valence electrons. The maximum atomic E-state index is 13.1. The summed E-state index contributed by atoms with van der Waals surface area (Å²) in [5.74, 6) is -0.723. The summed E-state index contributed by atoms with van der Waals surface area (Å²) in [6, 6.07) is 4.52. The number of carbonyl (C=O) groups excluding carboxylic acids is 1. The van der Waals surface area contributed by atoms with Crippen LogP contribution in [0.3, 0.4) is 0 Å². The summed E-state index contributed by atoms with van der Waals surface area (Å²) in [6.07, 6.45) is -2.44. The van der Waals surface area contributed by atoms with E-state index < -0.39 is 37.5 Å². The molecule has 0 atom stereocenters. The summed E-state index contributed by atoms with van der Waals surface area (Å²) in [5, 5.41) is -0.524. The molecule has 13 heteroatoms. The fourth-order valence-electron chi connectivity index (χ4n) is 2.66. The Bertz CT molecular complexity index is 1330. The second-order valence-electron chi connectivity index (χ2n) is 6.41. The summed E-state index contributed by atoms with van der Waals surface area (Å²) in [5.41, 5.74) is -1.67. The third kappa shape index (κ3) is 5.15. The molecular formula is C19H11Cl3F3N3O3S. The number of rotatable bonds is 5. The van der Waals surface area contributed by atoms with Crippen LogP contribution in [-0.4, -0.2) is 24.2 Å². The number of aromatic nitrogens is 2. The number of ketones is 1. The van der Waals surface area contributed by atoms with Crippen molar-refractivity contribution in [3.8, 4) is 0 Å². The van der Waals surface area contributed by atoms with Gasteiger partial charge in [0.05, 0.1) is 31.2 Å². The third-order valence-electron chi connectivity index (χ3n) is 4.17. The van der Waals surface area contributed by atoms with E-state index in [0.717, 1.165) is 24.4 Å². The molecule has 0 aliphatic rings. The number of halogens is 6. The van der Waals surface area contributed by atoms with Gasteiger partial charge in [0.25, 0.3) is 10.0 Å². The normalized spacial score (nSPS) is 12.0. The van der Waals surface area contributed by atoms with E-state index >= 15 is 0 Å². The molecule has 0 radical (unpaired) electrons. The largest absolute Gasteiger partial charge is 0.417 e. The first kappa shape index (κ1) is 24.2. The molecule has 3 aromatic rings. The van der Waals surface area contributed by atoms with Gasteiger partial charge in [0.2, 0.25) is 5.78 Å². The van der Waals surface area contributed by atoms with Crippen molar-refractivity contribution in [2.24, 2.45) is 0 Å². The zero-order valence-corrected chi connectivity index (χ0v) is 18.9. The van der Waals surface area contributed by atoms with Crippen LogP contribution < -0.4 is 4.72 Å². The van der Waals surface area contributed by atoms with Gasteiger partial charge in [-0.05, 0) is 37.3 Å². The fourth-order valence-corrected chi connectivity index (χ4v) is 4.28. The summed E-state index contributed by atoms with van der Waals surface area (Å²) < 4.78 is 67.1. The van der Waals surface area contributed by atoms with Gasteiger partial charge < -0.3 is 0 Å². The second kappa shape index (κ2) is 8.86. The van der Waals surface area contributed by atoms with Crippen LogP contribution in [0.25, 0.3) is 0 Å². The standard InChI is InChI=1S/C19H11Cl3F3N3O3S/c1-9-13(4-10(20)7-26-9)18(29)17-16(5-11(21)8-27-17)28-32(30,31)12-2-3-15(22)14(6-12)19(23,24)25/h2-8,28H,1H3. The number of hydrogen-bond acceptors (Lipinski definition) is 5. The van der Waals surface area contributed by atoms with Crippen molar-refractivity contribution in [3.05, 3.63) is 80.3 Å². The van der Waals surface area contributed by atoms with Crippen LogP contribution in [0, 0.1) is 6.92 Å². The highest BCUT2D eigenvalue weighted by Crippen LogP contribution is 2.36. The van der Waals surface area contributed by atoms with Crippen LogP contribution in [0.2, 0.25) is 15.1 Å². The van der Waals surface area contributed by atoms with Gasteiger partial charge in [-0.2, -0.15) is 13.2 Å². The molecule has 0 saturated carbocycles. The van der Waals surface area contributed by atoms with Crippen molar-refractivity contribution in [3.63, 3.8) is 0 Å². The number of alkyl halides is 3. The second-order valence-corrected chi connectivity index (χ2v) is 9.37. The molecule has 0 unspecified atom stereocenters. The Balaban J connectivity index is 2.07. The predicted octanol–water partition coefficient (Wildman–Crippen LogP) is 5.80. The van der Waals surface area contributed by atoms with E-state index in [2.05, 4.69) is 14.7 Å². The number of aryl methyl sites for hydroxylation is 1. The molecule has 0 saturated heterocycles. The van der Waals surface area contributed by atoms with Crippen molar-refractivity contribution < 1.29 is 26.4 Å². The topological polar surface area (TPSA) is 89.0 Å². The Morgan fingerprint density at radius 1 is 1.00 bits per heavy atom. The molecule has 0 aliphatic heterocycles. The zero-order chi connectivity index (χ0) is 23.8. The van der Waals surface area contributed by atoms with E-state index in [-0.39, 0.29) is 27.0 Å². The van der Waals surface area contributed by atoms with E-state index in [1.165, 1.54) is 19.2 Å². The van der Waals surface area contributed by atoms with E-state index in [9.17, 15) is 26.4 Å². The van der Waals surface area contributed by atoms with Gasteiger partial charge in [0.15, 0.2) is 0 Å². The monoisotopic (exact) mass is 523 g/mol.